The average molecular weight is 288 g/mol. The van der Waals surface area contributed by atoms with Gasteiger partial charge in [-0.3, -0.25) is 0 Å². The lowest BCUT2D eigenvalue weighted by Gasteiger charge is -2.45. The van der Waals surface area contributed by atoms with Crippen LogP contribution in [0.2, 0.25) is 0 Å². The average Bonchev–Trinajstić information content (AvgIpc) is 2.50. The molecule has 2 aliphatic rings. The molecule has 0 bridgehead atoms. The molecular weight excluding hydrogens is 260 g/mol. The summed E-state index contributed by atoms with van der Waals surface area (Å²) in [6, 6.07) is 0.676. The highest BCUT2D eigenvalue weighted by Gasteiger charge is 2.34. The molecule has 3 rings (SSSR count). The van der Waals surface area contributed by atoms with Gasteiger partial charge in [0.25, 0.3) is 0 Å². The van der Waals surface area contributed by atoms with Gasteiger partial charge in [-0.1, -0.05) is 19.8 Å². The summed E-state index contributed by atoms with van der Waals surface area (Å²) < 4.78 is 0. The van der Waals surface area contributed by atoms with E-state index >= 15 is 0 Å². The van der Waals surface area contributed by atoms with Crippen molar-refractivity contribution in [3.05, 3.63) is 11.4 Å². The molecule has 0 amide bonds. The van der Waals surface area contributed by atoms with Gasteiger partial charge >= 0.3 is 0 Å². The number of nitrogen functional groups attached to an aromatic ring is 1. The molecule has 2 heterocycles. The third-order valence-corrected chi connectivity index (χ3v) is 5.19. The van der Waals surface area contributed by atoms with Crippen molar-refractivity contribution in [1.29, 1.82) is 0 Å². The van der Waals surface area contributed by atoms with E-state index < -0.39 is 0 Å². The molecule has 1 aromatic heterocycles. The minimum Gasteiger partial charge on any atom is -0.383 e. The number of piperidine rings is 1. The lowest BCUT2D eigenvalue weighted by atomic mass is 9.78. The molecule has 1 saturated carbocycles. The zero-order chi connectivity index (χ0) is 14.8. The van der Waals surface area contributed by atoms with E-state index in [2.05, 4.69) is 23.7 Å². The molecule has 2 unspecified atom stereocenters. The van der Waals surface area contributed by atoms with Gasteiger partial charge in [0, 0.05) is 24.6 Å². The fourth-order valence-electron chi connectivity index (χ4n) is 4.07. The molecule has 1 aliphatic carbocycles. The third-order valence-electron chi connectivity index (χ3n) is 5.19. The molecule has 4 heteroatoms. The summed E-state index contributed by atoms with van der Waals surface area (Å²) in [5, 5.41) is 0. The fourth-order valence-corrected chi connectivity index (χ4v) is 4.07. The summed E-state index contributed by atoms with van der Waals surface area (Å²) in [5.41, 5.74) is 7.22. The van der Waals surface area contributed by atoms with Crippen LogP contribution in [0.25, 0.3) is 0 Å². The molecular formula is C17H28N4. The number of hydrogen-bond donors (Lipinski definition) is 1. The molecule has 4 nitrogen and oxygen atoms in total. The fraction of sp³-hybridized carbons (Fsp3) is 0.765. The van der Waals surface area contributed by atoms with Gasteiger partial charge in [-0.25, -0.2) is 9.97 Å². The standard InChI is InChI=1S/C17H28N4/c1-3-7-15-19-16(18)12(2)17(20-15)21-11-6-9-13-8-4-5-10-14(13)21/h13-14H,3-11H2,1-2H3,(H2,18,19,20). The van der Waals surface area contributed by atoms with E-state index in [-0.39, 0.29) is 0 Å². The number of nitrogens with zero attached hydrogens (tertiary/aromatic N) is 3. The lowest BCUT2D eigenvalue weighted by molar-refractivity contribution is 0.242. The van der Waals surface area contributed by atoms with Gasteiger partial charge < -0.3 is 10.6 Å². The van der Waals surface area contributed by atoms with Crippen LogP contribution in [0.5, 0.6) is 0 Å². The molecule has 0 spiro atoms. The van der Waals surface area contributed by atoms with Crippen molar-refractivity contribution in [2.24, 2.45) is 5.92 Å². The number of anilines is 2. The van der Waals surface area contributed by atoms with E-state index in [1.807, 2.05) is 0 Å². The molecule has 2 fully saturated rings. The van der Waals surface area contributed by atoms with Crippen molar-refractivity contribution in [3.63, 3.8) is 0 Å². The first-order valence-corrected chi connectivity index (χ1v) is 8.60. The van der Waals surface area contributed by atoms with Crippen LogP contribution in [0.1, 0.15) is 63.3 Å². The second kappa shape index (κ2) is 6.20. The summed E-state index contributed by atoms with van der Waals surface area (Å²) in [6.45, 7) is 5.37. The summed E-state index contributed by atoms with van der Waals surface area (Å²) in [4.78, 5) is 11.9. The van der Waals surface area contributed by atoms with Crippen molar-refractivity contribution < 1.29 is 0 Å². The van der Waals surface area contributed by atoms with E-state index in [0.29, 0.717) is 11.9 Å². The number of rotatable bonds is 3. The van der Waals surface area contributed by atoms with Crippen molar-refractivity contribution in [3.8, 4) is 0 Å². The molecule has 1 aliphatic heterocycles. The Morgan fingerprint density at radius 3 is 2.71 bits per heavy atom. The number of hydrogen-bond acceptors (Lipinski definition) is 4. The number of aromatic nitrogens is 2. The number of fused-ring (bicyclic) bond motifs is 1. The number of nitrogens with two attached hydrogens (primary N) is 1. The van der Waals surface area contributed by atoms with Crippen molar-refractivity contribution in [1.82, 2.24) is 9.97 Å². The van der Waals surface area contributed by atoms with Gasteiger partial charge in [-0.05, 0) is 44.9 Å². The van der Waals surface area contributed by atoms with Gasteiger partial charge in [0.2, 0.25) is 0 Å². The van der Waals surface area contributed by atoms with Crippen LogP contribution in [0.4, 0.5) is 11.6 Å². The van der Waals surface area contributed by atoms with Crippen LogP contribution in [-0.4, -0.2) is 22.6 Å². The highest BCUT2D eigenvalue weighted by Crippen LogP contribution is 2.38. The molecule has 0 radical (unpaired) electrons. The lowest BCUT2D eigenvalue weighted by Crippen LogP contribution is -2.47. The smallest absolute Gasteiger partial charge is 0.137 e. The molecule has 2 N–H and O–H groups in total. The number of aryl methyl sites for hydroxylation is 1. The minimum absolute atomic E-state index is 0.668. The molecule has 1 aromatic rings. The maximum atomic E-state index is 6.15. The van der Waals surface area contributed by atoms with E-state index in [1.165, 1.54) is 38.5 Å². The zero-order valence-corrected chi connectivity index (χ0v) is 13.4. The van der Waals surface area contributed by atoms with Crippen molar-refractivity contribution >= 4 is 11.6 Å². The summed E-state index contributed by atoms with van der Waals surface area (Å²) in [6.07, 6.45) is 10.1. The van der Waals surface area contributed by atoms with Crippen LogP contribution in [0, 0.1) is 12.8 Å². The Kier molecular flexibility index (Phi) is 4.32. The van der Waals surface area contributed by atoms with Crippen LogP contribution in [0.15, 0.2) is 0 Å². The summed E-state index contributed by atoms with van der Waals surface area (Å²) in [5.74, 6) is 3.55. The maximum Gasteiger partial charge on any atom is 0.137 e. The first-order valence-electron chi connectivity index (χ1n) is 8.60. The van der Waals surface area contributed by atoms with E-state index in [9.17, 15) is 0 Å². The van der Waals surface area contributed by atoms with E-state index in [0.717, 1.165) is 42.5 Å². The Morgan fingerprint density at radius 2 is 1.90 bits per heavy atom. The largest absolute Gasteiger partial charge is 0.383 e. The second-order valence-electron chi connectivity index (χ2n) is 6.67. The highest BCUT2D eigenvalue weighted by atomic mass is 15.2. The quantitative estimate of drug-likeness (QED) is 0.925. The van der Waals surface area contributed by atoms with Gasteiger partial charge in [-0.15, -0.1) is 0 Å². The predicted octanol–water partition coefficient (Wildman–Crippen LogP) is 3.48. The van der Waals surface area contributed by atoms with Gasteiger partial charge in [0.05, 0.1) is 0 Å². The molecule has 21 heavy (non-hydrogen) atoms. The molecule has 0 aromatic carbocycles. The molecule has 1 saturated heterocycles. The van der Waals surface area contributed by atoms with Crippen LogP contribution in [-0.2, 0) is 6.42 Å². The Balaban J connectivity index is 1.94. The molecule has 116 valence electrons. The van der Waals surface area contributed by atoms with E-state index in [1.54, 1.807) is 0 Å². The normalized spacial score (nSPS) is 25.7. The topological polar surface area (TPSA) is 55.0 Å². The Morgan fingerprint density at radius 1 is 1.14 bits per heavy atom. The Bertz CT molecular complexity index is 498. The zero-order valence-electron chi connectivity index (χ0n) is 13.4. The van der Waals surface area contributed by atoms with Gasteiger partial charge in [0.15, 0.2) is 0 Å². The monoisotopic (exact) mass is 288 g/mol. The summed E-state index contributed by atoms with van der Waals surface area (Å²) in [7, 11) is 0. The molecule has 2 atom stereocenters. The Hall–Kier alpha value is -1.32. The second-order valence-corrected chi connectivity index (χ2v) is 6.67. The van der Waals surface area contributed by atoms with Crippen LogP contribution in [0.3, 0.4) is 0 Å². The maximum absolute atomic E-state index is 6.15. The highest BCUT2D eigenvalue weighted by molar-refractivity contribution is 5.57. The predicted molar refractivity (Wildman–Crippen MR) is 87.5 cm³/mol. The van der Waals surface area contributed by atoms with Crippen molar-refractivity contribution in [2.75, 3.05) is 17.2 Å². The van der Waals surface area contributed by atoms with Crippen LogP contribution < -0.4 is 10.6 Å². The van der Waals surface area contributed by atoms with E-state index in [4.69, 9.17) is 10.7 Å². The van der Waals surface area contributed by atoms with Gasteiger partial charge in [-0.2, -0.15) is 0 Å². The third kappa shape index (κ3) is 2.85. The SMILES string of the molecule is CCCc1nc(N)c(C)c(N2CCCC3CCCCC32)n1. The minimum atomic E-state index is 0.668. The van der Waals surface area contributed by atoms with Crippen molar-refractivity contribution in [2.45, 2.75) is 71.3 Å². The van der Waals surface area contributed by atoms with Gasteiger partial charge in [0.1, 0.15) is 17.5 Å². The summed E-state index contributed by atoms with van der Waals surface area (Å²) >= 11 is 0. The Labute approximate surface area is 128 Å². The first-order chi connectivity index (χ1) is 10.2. The first kappa shape index (κ1) is 14.6. The van der Waals surface area contributed by atoms with Crippen LogP contribution >= 0.6 is 0 Å².